The lowest BCUT2D eigenvalue weighted by Gasteiger charge is -2.56. The van der Waals surface area contributed by atoms with Crippen molar-refractivity contribution in [2.24, 2.45) is 28.6 Å². The minimum atomic E-state index is -0.0523. The Morgan fingerprint density at radius 2 is 2.00 bits per heavy atom. The number of carbonyl (C=O) groups excluding carboxylic acids is 2. The Bertz CT molecular complexity index is 660. The predicted molar refractivity (Wildman–Crippen MR) is 96.8 cm³/mol. The Hall–Kier alpha value is -1.38. The zero-order valence-corrected chi connectivity index (χ0v) is 15.7. The fourth-order valence-electron chi connectivity index (χ4n) is 6.59. The second kappa shape index (κ2) is 5.82. The van der Waals surface area contributed by atoms with Crippen molar-refractivity contribution in [3.05, 3.63) is 23.8 Å². The van der Waals surface area contributed by atoms with Crippen LogP contribution in [0.15, 0.2) is 23.8 Å². The SMILES string of the molecule is CCC(=O)O[C@@H]1CC[C@H]2[C@@H]3CCC4=CC(=O)C=C[C@]4(C)[C@@H]3CC[C@]12C. The highest BCUT2D eigenvalue weighted by Gasteiger charge is 2.59. The van der Waals surface area contributed by atoms with Gasteiger partial charge >= 0.3 is 5.97 Å². The van der Waals surface area contributed by atoms with Gasteiger partial charge in [-0.15, -0.1) is 0 Å². The van der Waals surface area contributed by atoms with Crippen LogP contribution in [0, 0.1) is 28.6 Å². The summed E-state index contributed by atoms with van der Waals surface area (Å²) in [5.74, 6) is 2.05. The van der Waals surface area contributed by atoms with Crippen molar-refractivity contribution in [3.8, 4) is 0 Å². The molecule has 0 radical (unpaired) electrons. The molecule has 0 saturated heterocycles. The first-order valence-electron chi connectivity index (χ1n) is 10.0. The smallest absolute Gasteiger partial charge is 0.305 e. The van der Waals surface area contributed by atoms with Gasteiger partial charge in [0.15, 0.2) is 5.78 Å². The Kier molecular flexibility index (Phi) is 3.97. The number of ketones is 1. The molecule has 0 unspecified atom stereocenters. The molecule has 0 N–H and O–H groups in total. The molecule has 0 aromatic heterocycles. The Balaban J connectivity index is 1.60. The number of rotatable bonds is 2. The van der Waals surface area contributed by atoms with Crippen molar-refractivity contribution >= 4 is 11.8 Å². The molecule has 3 nitrogen and oxygen atoms in total. The maximum atomic E-state index is 11.9. The van der Waals surface area contributed by atoms with Crippen molar-refractivity contribution in [3.63, 3.8) is 0 Å². The Morgan fingerprint density at radius 3 is 2.76 bits per heavy atom. The monoisotopic (exact) mass is 342 g/mol. The van der Waals surface area contributed by atoms with Gasteiger partial charge in [0.25, 0.3) is 0 Å². The Morgan fingerprint density at radius 1 is 1.20 bits per heavy atom. The average molecular weight is 342 g/mol. The molecule has 3 fully saturated rings. The number of hydrogen-bond donors (Lipinski definition) is 0. The molecule has 4 aliphatic carbocycles. The van der Waals surface area contributed by atoms with Gasteiger partial charge in [-0.1, -0.05) is 32.4 Å². The second-order valence-electron chi connectivity index (χ2n) is 9.06. The highest BCUT2D eigenvalue weighted by atomic mass is 16.5. The summed E-state index contributed by atoms with van der Waals surface area (Å²) in [6, 6.07) is 0. The minimum absolute atomic E-state index is 0.0519. The minimum Gasteiger partial charge on any atom is -0.462 e. The molecule has 0 amide bonds. The van der Waals surface area contributed by atoms with Crippen molar-refractivity contribution in [2.45, 2.75) is 71.8 Å². The van der Waals surface area contributed by atoms with Crippen LogP contribution in [0.5, 0.6) is 0 Å². The number of ether oxygens (including phenoxy) is 1. The number of carbonyl (C=O) groups is 2. The van der Waals surface area contributed by atoms with E-state index in [2.05, 4.69) is 19.9 Å². The summed E-state index contributed by atoms with van der Waals surface area (Å²) in [7, 11) is 0. The molecule has 0 aliphatic heterocycles. The number of hydrogen-bond acceptors (Lipinski definition) is 3. The van der Waals surface area contributed by atoms with Crippen LogP contribution in [0.1, 0.15) is 65.7 Å². The summed E-state index contributed by atoms with van der Waals surface area (Å²) >= 11 is 0. The quantitative estimate of drug-likeness (QED) is 0.688. The van der Waals surface area contributed by atoms with Gasteiger partial charge in [0.1, 0.15) is 6.10 Å². The van der Waals surface area contributed by atoms with E-state index in [0.29, 0.717) is 24.2 Å². The first kappa shape index (κ1) is 17.1. The lowest BCUT2D eigenvalue weighted by molar-refractivity contribution is -0.158. The first-order chi connectivity index (χ1) is 11.9. The van der Waals surface area contributed by atoms with Gasteiger partial charge in [0.2, 0.25) is 0 Å². The van der Waals surface area contributed by atoms with E-state index < -0.39 is 0 Å². The third-order valence-corrected chi connectivity index (χ3v) is 8.03. The fraction of sp³-hybridized carbons (Fsp3) is 0.727. The second-order valence-corrected chi connectivity index (χ2v) is 9.06. The van der Waals surface area contributed by atoms with E-state index in [0.717, 1.165) is 19.3 Å². The lowest BCUT2D eigenvalue weighted by Crippen LogP contribution is -2.51. The van der Waals surface area contributed by atoms with Crippen LogP contribution in [0.4, 0.5) is 0 Å². The van der Waals surface area contributed by atoms with E-state index in [1.54, 1.807) is 6.08 Å². The van der Waals surface area contributed by atoms with Crippen molar-refractivity contribution in [1.82, 2.24) is 0 Å². The van der Waals surface area contributed by atoms with Crippen molar-refractivity contribution in [1.29, 1.82) is 0 Å². The molecule has 0 aromatic rings. The van der Waals surface area contributed by atoms with E-state index in [4.69, 9.17) is 4.74 Å². The van der Waals surface area contributed by atoms with Crippen molar-refractivity contribution < 1.29 is 14.3 Å². The molecule has 25 heavy (non-hydrogen) atoms. The summed E-state index contributed by atoms with van der Waals surface area (Å²) in [4.78, 5) is 23.7. The molecule has 4 rings (SSSR count). The molecular formula is C22H30O3. The van der Waals surface area contributed by atoms with E-state index in [1.807, 2.05) is 13.0 Å². The molecule has 4 aliphatic rings. The van der Waals surface area contributed by atoms with Gasteiger partial charge in [-0.05, 0) is 68.4 Å². The number of esters is 1. The predicted octanol–water partition coefficient (Wildman–Crippen LogP) is 4.62. The molecule has 3 heteroatoms. The van der Waals surface area contributed by atoms with Gasteiger partial charge in [0, 0.05) is 17.3 Å². The molecule has 136 valence electrons. The van der Waals surface area contributed by atoms with Crippen LogP contribution >= 0.6 is 0 Å². The summed E-state index contributed by atoms with van der Waals surface area (Å²) in [6.07, 6.45) is 13.1. The number of allylic oxidation sites excluding steroid dienone is 4. The normalized spacial score (nSPS) is 45.2. The van der Waals surface area contributed by atoms with Crippen LogP contribution in [0.3, 0.4) is 0 Å². The van der Waals surface area contributed by atoms with Crippen molar-refractivity contribution in [2.75, 3.05) is 0 Å². The largest absolute Gasteiger partial charge is 0.462 e. The van der Waals surface area contributed by atoms with Crippen LogP contribution in [-0.4, -0.2) is 17.9 Å². The standard InChI is InChI=1S/C22H30O3/c1-4-20(24)25-19-8-7-17-16-6-5-14-13-15(23)9-11-21(14,2)18(16)10-12-22(17,19)3/h9,11,13,16-19H,4-8,10,12H2,1-3H3/t16-,17-,18+,19+,21-,22-/m0/s1. The maximum Gasteiger partial charge on any atom is 0.305 e. The highest BCUT2D eigenvalue weighted by Crippen LogP contribution is 2.64. The third kappa shape index (κ3) is 2.45. The summed E-state index contributed by atoms with van der Waals surface area (Å²) < 4.78 is 5.85. The molecule has 0 aromatic carbocycles. The Labute approximate surface area is 150 Å². The first-order valence-corrected chi connectivity index (χ1v) is 10.0. The van der Waals surface area contributed by atoms with E-state index in [-0.39, 0.29) is 28.7 Å². The fourth-order valence-corrected chi connectivity index (χ4v) is 6.59. The van der Waals surface area contributed by atoms with E-state index >= 15 is 0 Å². The molecule has 3 saturated carbocycles. The van der Waals surface area contributed by atoms with Gasteiger partial charge in [-0.25, -0.2) is 0 Å². The van der Waals surface area contributed by atoms with Crippen LogP contribution in [-0.2, 0) is 14.3 Å². The summed E-state index contributed by atoms with van der Waals surface area (Å²) in [5, 5.41) is 0. The van der Waals surface area contributed by atoms with Gasteiger partial charge < -0.3 is 4.74 Å². The van der Waals surface area contributed by atoms with Crippen LogP contribution in [0.25, 0.3) is 0 Å². The zero-order valence-electron chi connectivity index (χ0n) is 15.7. The van der Waals surface area contributed by atoms with E-state index in [9.17, 15) is 9.59 Å². The summed E-state index contributed by atoms with van der Waals surface area (Å²) in [6.45, 7) is 6.58. The topological polar surface area (TPSA) is 43.4 Å². The molecule has 6 atom stereocenters. The third-order valence-electron chi connectivity index (χ3n) is 8.03. The molecule has 0 heterocycles. The van der Waals surface area contributed by atoms with Gasteiger partial charge in [-0.3, -0.25) is 9.59 Å². The average Bonchev–Trinajstić information content (AvgIpc) is 2.92. The van der Waals surface area contributed by atoms with Crippen LogP contribution < -0.4 is 0 Å². The van der Waals surface area contributed by atoms with E-state index in [1.165, 1.54) is 24.8 Å². The van der Waals surface area contributed by atoms with Crippen LogP contribution in [0.2, 0.25) is 0 Å². The zero-order chi connectivity index (χ0) is 17.8. The summed E-state index contributed by atoms with van der Waals surface area (Å²) in [5.41, 5.74) is 1.53. The van der Waals surface area contributed by atoms with Gasteiger partial charge in [0.05, 0.1) is 0 Å². The highest BCUT2D eigenvalue weighted by molar-refractivity contribution is 6.01. The molecular weight excluding hydrogens is 312 g/mol. The van der Waals surface area contributed by atoms with Gasteiger partial charge in [-0.2, -0.15) is 0 Å². The maximum absolute atomic E-state index is 11.9. The molecule has 0 spiro atoms. The molecule has 0 bridgehead atoms. The lowest BCUT2D eigenvalue weighted by atomic mass is 9.48. The number of fused-ring (bicyclic) bond motifs is 5.